The predicted octanol–water partition coefficient (Wildman–Crippen LogP) is 4.10. The van der Waals surface area contributed by atoms with Gasteiger partial charge in [-0.1, -0.05) is 11.3 Å². The number of hydrogen-bond acceptors (Lipinski definition) is 5. The number of carbonyl (C=O) groups excluding carboxylic acids is 1. The molecule has 0 aliphatic carbocycles. The Labute approximate surface area is 139 Å². The third-order valence-electron chi connectivity index (χ3n) is 2.86. The second-order valence-corrected chi connectivity index (χ2v) is 6.37. The average Bonchev–Trinajstić information content (AvgIpc) is 2.89. The fourth-order valence-electron chi connectivity index (χ4n) is 1.92. The van der Waals surface area contributed by atoms with Gasteiger partial charge >= 0.3 is 0 Å². The van der Waals surface area contributed by atoms with E-state index in [2.05, 4.69) is 31.2 Å². The monoisotopic (exact) mass is 377 g/mol. The lowest BCUT2D eigenvalue weighted by Gasteiger charge is -2.01. The normalized spacial score (nSPS) is 10.6. The van der Waals surface area contributed by atoms with E-state index in [1.54, 1.807) is 12.3 Å². The molecule has 22 heavy (non-hydrogen) atoms. The van der Waals surface area contributed by atoms with Crippen LogP contribution in [0, 0.1) is 0 Å². The van der Waals surface area contributed by atoms with Crippen LogP contribution in [0.4, 0.5) is 5.13 Å². The SMILES string of the molecule is CCOc1ccc2nc(NC(=O)c3cncc(Br)c3)sc2c1. The fourth-order valence-corrected chi connectivity index (χ4v) is 3.17. The zero-order valence-corrected chi connectivity index (χ0v) is 14.1. The van der Waals surface area contributed by atoms with Crippen molar-refractivity contribution in [3.63, 3.8) is 0 Å². The Bertz CT molecular complexity index is 835. The minimum absolute atomic E-state index is 0.238. The van der Waals surface area contributed by atoms with E-state index in [4.69, 9.17) is 4.74 Å². The Morgan fingerprint density at radius 1 is 1.36 bits per heavy atom. The molecule has 0 unspecified atom stereocenters. The molecule has 112 valence electrons. The molecule has 0 bridgehead atoms. The second-order valence-electron chi connectivity index (χ2n) is 4.43. The molecule has 0 aliphatic heterocycles. The van der Waals surface area contributed by atoms with E-state index < -0.39 is 0 Å². The van der Waals surface area contributed by atoms with Crippen molar-refractivity contribution in [1.29, 1.82) is 0 Å². The van der Waals surface area contributed by atoms with Gasteiger partial charge in [0.2, 0.25) is 0 Å². The number of nitrogens with one attached hydrogen (secondary N) is 1. The van der Waals surface area contributed by atoms with E-state index in [9.17, 15) is 4.79 Å². The largest absolute Gasteiger partial charge is 0.494 e. The first-order chi connectivity index (χ1) is 10.7. The number of ether oxygens (including phenoxy) is 1. The molecule has 0 fully saturated rings. The summed E-state index contributed by atoms with van der Waals surface area (Å²) in [6.07, 6.45) is 3.14. The van der Waals surface area contributed by atoms with Crippen LogP contribution in [-0.4, -0.2) is 22.5 Å². The summed E-state index contributed by atoms with van der Waals surface area (Å²) in [4.78, 5) is 20.6. The minimum atomic E-state index is -0.238. The standard InChI is InChI=1S/C15H12BrN3O2S/c1-2-21-11-3-4-12-13(6-11)22-15(18-12)19-14(20)9-5-10(16)8-17-7-9/h3-8H,2H2,1H3,(H,18,19,20). The second kappa shape index (κ2) is 6.41. The molecule has 1 amide bonds. The summed E-state index contributed by atoms with van der Waals surface area (Å²) in [5.41, 5.74) is 1.31. The van der Waals surface area contributed by atoms with Gasteiger partial charge in [-0.25, -0.2) is 4.98 Å². The van der Waals surface area contributed by atoms with Crippen molar-refractivity contribution >= 4 is 48.5 Å². The van der Waals surface area contributed by atoms with Gasteiger partial charge in [-0.2, -0.15) is 0 Å². The molecule has 0 spiro atoms. The molecular weight excluding hydrogens is 366 g/mol. The topological polar surface area (TPSA) is 64.1 Å². The number of fused-ring (bicyclic) bond motifs is 1. The van der Waals surface area contributed by atoms with Gasteiger partial charge < -0.3 is 4.74 Å². The van der Waals surface area contributed by atoms with Gasteiger partial charge in [-0.05, 0) is 47.1 Å². The van der Waals surface area contributed by atoms with E-state index in [0.29, 0.717) is 17.3 Å². The number of thiazole rings is 1. The molecule has 0 saturated carbocycles. The molecule has 0 aliphatic rings. The number of benzene rings is 1. The number of aromatic nitrogens is 2. The molecule has 0 atom stereocenters. The third kappa shape index (κ3) is 3.26. The van der Waals surface area contributed by atoms with Crippen molar-refractivity contribution in [3.8, 4) is 5.75 Å². The van der Waals surface area contributed by atoms with Crippen LogP contribution in [0.2, 0.25) is 0 Å². The number of anilines is 1. The zero-order chi connectivity index (χ0) is 15.5. The lowest BCUT2D eigenvalue weighted by molar-refractivity contribution is 0.102. The first-order valence-corrected chi connectivity index (χ1v) is 8.22. The van der Waals surface area contributed by atoms with Crippen molar-refractivity contribution in [2.45, 2.75) is 6.92 Å². The molecule has 3 rings (SSSR count). The Balaban J connectivity index is 1.83. The predicted molar refractivity (Wildman–Crippen MR) is 90.7 cm³/mol. The smallest absolute Gasteiger partial charge is 0.259 e. The maximum Gasteiger partial charge on any atom is 0.259 e. The molecule has 2 heterocycles. The summed E-state index contributed by atoms with van der Waals surface area (Å²) >= 11 is 4.71. The first kappa shape index (κ1) is 14.9. The van der Waals surface area contributed by atoms with Crippen molar-refractivity contribution < 1.29 is 9.53 Å². The van der Waals surface area contributed by atoms with Gasteiger partial charge in [-0.3, -0.25) is 15.1 Å². The van der Waals surface area contributed by atoms with Gasteiger partial charge in [0.1, 0.15) is 5.75 Å². The summed E-state index contributed by atoms with van der Waals surface area (Å²) in [7, 11) is 0. The summed E-state index contributed by atoms with van der Waals surface area (Å²) in [6.45, 7) is 2.55. The lowest BCUT2D eigenvalue weighted by Crippen LogP contribution is -2.11. The summed E-state index contributed by atoms with van der Waals surface area (Å²) in [6, 6.07) is 7.39. The van der Waals surface area contributed by atoms with Crippen LogP contribution in [0.1, 0.15) is 17.3 Å². The van der Waals surface area contributed by atoms with Gasteiger partial charge in [0, 0.05) is 16.9 Å². The number of carbonyl (C=O) groups is 1. The van der Waals surface area contributed by atoms with Crippen LogP contribution < -0.4 is 10.1 Å². The van der Waals surface area contributed by atoms with Crippen LogP contribution in [0.15, 0.2) is 41.1 Å². The van der Waals surface area contributed by atoms with E-state index in [1.165, 1.54) is 17.5 Å². The molecule has 1 aromatic carbocycles. The average molecular weight is 378 g/mol. The fraction of sp³-hybridized carbons (Fsp3) is 0.133. The van der Waals surface area contributed by atoms with Gasteiger partial charge in [0.25, 0.3) is 5.91 Å². The zero-order valence-electron chi connectivity index (χ0n) is 11.7. The molecule has 7 heteroatoms. The number of halogens is 1. The number of pyridine rings is 1. The van der Waals surface area contributed by atoms with Gasteiger partial charge in [-0.15, -0.1) is 0 Å². The van der Waals surface area contributed by atoms with Crippen LogP contribution in [-0.2, 0) is 0 Å². The maximum atomic E-state index is 12.2. The third-order valence-corrected chi connectivity index (χ3v) is 4.23. The van der Waals surface area contributed by atoms with Crippen molar-refractivity contribution in [1.82, 2.24) is 9.97 Å². The first-order valence-electron chi connectivity index (χ1n) is 6.61. The van der Waals surface area contributed by atoms with E-state index in [-0.39, 0.29) is 5.91 Å². The van der Waals surface area contributed by atoms with Crippen LogP contribution >= 0.6 is 27.3 Å². The number of nitrogens with zero attached hydrogens (tertiary/aromatic N) is 2. The summed E-state index contributed by atoms with van der Waals surface area (Å²) < 4.78 is 7.19. The van der Waals surface area contributed by atoms with Crippen molar-refractivity contribution in [2.24, 2.45) is 0 Å². The molecule has 1 N–H and O–H groups in total. The van der Waals surface area contributed by atoms with E-state index >= 15 is 0 Å². The quantitative estimate of drug-likeness (QED) is 0.742. The maximum absolute atomic E-state index is 12.2. The highest BCUT2D eigenvalue weighted by atomic mass is 79.9. The van der Waals surface area contributed by atoms with Gasteiger partial charge in [0.15, 0.2) is 5.13 Å². The minimum Gasteiger partial charge on any atom is -0.494 e. The highest BCUT2D eigenvalue weighted by Gasteiger charge is 2.11. The highest BCUT2D eigenvalue weighted by molar-refractivity contribution is 9.10. The van der Waals surface area contributed by atoms with E-state index in [1.807, 2.05) is 25.1 Å². The lowest BCUT2D eigenvalue weighted by atomic mass is 10.3. The van der Waals surface area contributed by atoms with Crippen molar-refractivity contribution in [3.05, 3.63) is 46.7 Å². The molecule has 5 nitrogen and oxygen atoms in total. The number of hydrogen-bond donors (Lipinski definition) is 1. The summed E-state index contributed by atoms with van der Waals surface area (Å²) in [5, 5.41) is 3.34. The van der Waals surface area contributed by atoms with Crippen molar-refractivity contribution in [2.75, 3.05) is 11.9 Å². The number of amides is 1. The van der Waals surface area contributed by atoms with E-state index in [0.717, 1.165) is 20.4 Å². The Kier molecular flexibility index (Phi) is 4.35. The molecule has 2 aromatic heterocycles. The Morgan fingerprint density at radius 2 is 2.23 bits per heavy atom. The summed E-state index contributed by atoms with van der Waals surface area (Å²) in [5.74, 6) is 0.561. The van der Waals surface area contributed by atoms with Gasteiger partial charge in [0.05, 0.1) is 22.4 Å². The molecule has 0 radical (unpaired) electrons. The molecule has 3 aromatic rings. The molecule has 0 saturated heterocycles. The highest BCUT2D eigenvalue weighted by Crippen LogP contribution is 2.29. The number of rotatable bonds is 4. The van der Waals surface area contributed by atoms with Crippen LogP contribution in [0.25, 0.3) is 10.2 Å². The Hall–Kier alpha value is -1.99. The van der Waals surface area contributed by atoms with Crippen LogP contribution in [0.3, 0.4) is 0 Å². The Morgan fingerprint density at radius 3 is 3.00 bits per heavy atom. The van der Waals surface area contributed by atoms with Crippen LogP contribution in [0.5, 0.6) is 5.75 Å². The molecular formula is C15H12BrN3O2S.